The lowest BCUT2D eigenvalue weighted by Gasteiger charge is -2.26. The molecule has 2 atom stereocenters. The fourth-order valence-electron chi connectivity index (χ4n) is 3.77. The van der Waals surface area contributed by atoms with E-state index in [1.165, 1.54) is 11.1 Å². The number of hydrogen-bond donors (Lipinski definition) is 2. The monoisotopic (exact) mass is 329 g/mol. The van der Waals surface area contributed by atoms with Crippen molar-refractivity contribution < 1.29 is 14.7 Å². The second-order valence-electron chi connectivity index (χ2n) is 7.67. The van der Waals surface area contributed by atoms with Crippen molar-refractivity contribution in [3.63, 3.8) is 0 Å². The first-order chi connectivity index (χ1) is 11.5. The molecule has 4 heteroatoms. The van der Waals surface area contributed by atoms with Crippen LogP contribution in [0.4, 0.5) is 0 Å². The number of carboxylic acid groups (broad SMARTS) is 1. The highest BCUT2D eigenvalue weighted by Crippen LogP contribution is 2.47. The minimum Gasteiger partial charge on any atom is -0.481 e. The summed E-state index contributed by atoms with van der Waals surface area (Å²) in [6.45, 7) is 4.36. The molecular weight excluding hydrogens is 302 g/mol. The largest absolute Gasteiger partial charge is 0.481 e. The fourth-order valence-corrected chi connectivity index (χ4v) is 3.77. The average Bonchev–Trinajstić information content (AvgIpc) is 3.36. The minimum atomic E-state index is -0.702. The highest BCUT2D eigenvalue weighted by atomic mass is 16.4. The first kappa shape index (κ1) is 17.0. The molecule has 1 aromatic carbocycles. The Hall–Kier alpha value is -1.84. The van der Waals surface area contributed by atoms with Gasteiger partial charge in [-0.25, -0.2) is 0 Å². The van der Waals surface area contributed by atoms with Crippen LogP contribution in [-0.4, -0.2) is 23.0 Å². The van der Waals surface area contributed by atoms with Crippen molar-refractivity contribution in [2.45, 2.75) is 63.8 Å². The summed E-state index contributed by atoms with van der Waals surface area (Å²) in [6, 6.07) is 8.80. The molecule has 2 unspecified atom stereocenters. The van der Waals surface area contributed by atoms with Crippen molar-refractivity contribution in [2.24, 2.45) is 11.8 Å². The Kier molecular flexibility index (Phi) is 4.93. The standard InChI is InChI=1S/C20H27NO3/c1-12(2)13-3-5-14(6-4-13)17-11-18(17)19(22)21-16-9-7-15(8-10-16)20(23)24/h3-6,12,15-18H,7-11H2,1-2H3,(H,21,22)(H,23,24). The second-order valence-corrected chi connectivity index (χ2v) is 7.67. The fraction of sp³-hybridized carbons (Fsp3) is 0.600. The van der Waals surface area contributed by atoms with Crippen molar-refractivity contribution in [2.75, 3.05) is 0 Å². The lowest BCUT2D eigenvalue weighted by atomic mass is 9.86. The van der Waals surface area contributed by atoms with Gasteiger partial charge in [-0.2, -0.15) is 0 Å². The molecule has 4 nitrogen and oxygen atoms in total. The molecule has 2 N–H and O–H groups in total. The minimum absolute atomic E-state index is 0.0899. The topological polar surface area (TPSA) is 66.4 Å². The molecule has 0 spiro atoms. The maximum Gasteiger partial charge on any atom is 0.306 e. The molecule has 1 amide bonds. The first-order valence-electron chi connectivity index (χ1n) is 9.08. The summed E-state index contributed by atoms with van der Waals surface area (Å²) in [4.78, 5) is 23.4. The normalized spacial score (nSPS) is 29.3. The van der Waals surface area contributed by atoms with E-state index in [0.29, 0.717) is 24.7 Å². The van der Waals surface area contributed by atoms with Crippen molar-refractivity contribution >= 4 is 11.9 Å². The summed E-state index contributed by atoms with van der Waals surface area (Å²) in [7, 11) is 0. The van der Waals surface area contributed by atoms with Gasteiger partial charge in [-0.1, -0.05) is 38.1 Å². The van der Waals surface area contributed by atoms with Crippen LogP contribution >= 0.6 is 0 Å². The summed E-state index contributed by atoms with van der Waals surface area (Å²) in [5.74, 6) is 0.178. The van der Waals surface area contributed by atoms with Gasteiger partial charge in [0.1, 0.15) is 0 Å². The van der Waals surface area contributed by atoms with E-state index in [0.717, 1.165) is 19.3 Å². The third kappa shape index (κ3) is 3.80. The number of nitrogens with one attached hydrogen (secondary N) is 1. The number of benzene rings is 1. The van der Waals surface area contributed by atoms with Crippen LogP contribution in [0.15, 0.2) is 24.3 Å². The predicted molar refractivity (Wildman–Crippen MR) is 92.9 cm³/mol. The quantitative estimate of drug-likeness (QED) is 0.866. The Morgan fingerprint density at radius 2 is 1.71 bits per heavy atom. The third-order valence-electron chi connectivity index (χ3n) is 5.58. The van der Waals surface area contributed by atoms with Crippen molar-refractivity contribution in [3.8, 4) is 0 Å². The van der Waals surface area contributed by atoms with Gasteiger partial charge >= 0.3 is 5.97 Å². The number of carbonyl (C=O) groups excluding carboxylic acids is 1. The van der Waals surface area contributed by atoms with Crippen LogP contribution in [0, 0.1) is 11.8 Å². The van der Waals surface area contributed by atoms with E-state index in [1.807, 2.05) is 0 Å². The molecule has 2 fully saturated rings. The van der Waals surface area contributed by atoms with E-state index in [-0.39, 0.29) is 23.8 Å². The van der Waals surface area contributed by atoms with Crippen molar-refractivity contribution in [1.82, 2.24) is 5.32 Å². The second kappa shape index (κ2) is 6.96. The number of amides is 1. The SMILES string of the molecule is CC(C)c1ccc(C2CC2C(=O)NC2CCC(C(=O)O)CC2)cc1. The van der Waals surface area contributed by atoms with Crippen LogP contribution in [0.2, 0.25) is 0 Å². The van der Waals surface area contributed by atoms with Gasteiger partial charge < -0.3 is 10.4 Å². The van der Waals surface area contributed by atoms with Gasteiger partial charge in [0.25, 0.3) is 0 Å². The van der Waals surface area contributed by atoms with Gasteiger partial charge in [0, 0.05) is 12.0 Å². The van der Waals surface area contributed by atoms with E-state index in [4.69, 9.17) is 5.11 Å². The summed E-state index contributed by atoms with van der Waals surface area (Å²) in [5, 5.41) is 12.2. The molecule has 2 aliphatic rings. The van der Waals surface area contributed by atoms with Crippen molar-refractivity contribution in [3.05, 3.63) is 35.4 Å². The van der Waals surface area contributed by atoms with Crippen LogP contribution in [0.3, 0.4) is 0 Å². The van der Waals surface area contributed by atoms with Gasteiger partial charge in [-0.3, -0.25) is 9.59 Å². The smallest absolute Gasteiger partial charge is 0.306 e. The van der Waals surface area contributed by atoms with E-state index in [2.05, 4.69) is 43.4 Å². The zero-order valence-electron chi connectivity index (χ0n) is 14.5. The van der Waals surface area contributed by atoms with E-state index >= 15 is 0 Å². The number of hydrogen-bond acceptors (Lipinski definition) is 2. The lowest BCUT2D eigenvalue weighted by molar-refractivity contribution is -0.142. The summed E-state index contributed by atoms with van der Waals surface area (Å²) >= 11 is 0. The summed E-state index contributed by atoms with van der Waals surface area (Å²) in [6.07, 6.45) is 3.83. The number of carboxylic acids is 1. The zero-order valence-corrected chi connectivity index (χ0v) is 14.5. The summed E-state index contributed by atoms with van der Waals surface area (Å²) < 4.78 is 0. The Morgan fingerprint density at radius 3 is 2.25 bits per heavy atom. The van der Waals surface area contributed by atoms with Gasteiger partial charge in [-0.05, 0) is 55.1 Å². The third-order valence-corrected chi connectivity index (χ3v) is 5.58. The van der Waals surface area contributed by atoms with Gasteiger partial charge in [0.15, 0.2) is 0 Å². The first-order valence-corrected chi connectivity index (χ1v) is 9.08. The lowest BCUT2D eigenvalue weighted by Crippen LogP contribution is -2.39. The van der Waals surface area contributed by atoms with Crippen LogP contribution in [-0.2, 0) is 9.59 Å². The van der Waals surface area contributed by atoms with Crippen LogP contribution < -0.4 is 5.32 Å². The van der Waals surface area contributed by atoms with Gasteiger partial charge in [-0.15, -0.1) is 0 Å². The molecule has 0 heterocycles. The summed E-state index contributed by atoms with van der Waals surface area (Å²) in [5.41, 5.74) is 2.59. The average molecular weight is 329 g/mol. The molecule has 1 aromatic rings. The van der Waals surface area contributed by atoms with Crippen molar-refractivity contribution in [1.29, 1.82) is 0 Å². The maximum atomic E-state index is 12.4. The van der Waals surface area contributed by atoms with Gasteiger partial charge in [0.2, 0.25) is 5.91 Å². The number of carbonyl (C=O) groups is 2. The molecule has 0 aliphatic heterocycles. The Morgan fingerprint density at radius 1 is 1.08 bits per heavy atom. The highest BCUT2D eigenvalue weighted by molar-refractivity contribution is 5.83. The molecule has 130 valence electrons. The van der Waals surface area contributed by atoms with Crippen LogP contribution in [0.1, 0.15) is 68.9 Å². The van der Waals surface area contributed by atoms with Crippen LogP contribution in [0.25, 0.3) is 0 Å². The Bertz CT molecular complexity index is 600. The Labute approximate surface area is 143 Å². The molecule has 0 bridgehead atoms. The molecular formula is C20H27NO3. The molecule has 2 aliphatic carbocycles. The van der Waals surface area contributed by atoms with E-state index in [9.17, 15) is 9.59 Å². The molecule has 0 saturated heterocycles. The zero-order chi connectivity index (χ0) is 17.3. The Balaban J connectivity index is 1.48. The predicted octanol–water partition coefficient (Wildman–Crippen LogP) is 3.67. The molecule has 0 aromatic heterocycles. The molecule has 3 rings (SSSR count). The molecule has 2 saturated carbocycles. The van der Waals surface area contributed by atoms with E-state index < -0.39 is 5.97 Å². The highest BCUT2D eigenvalue weighted by Gasteiger charge is 2.44. The van der Waals surface area contributed by atoms with Crippen LogP contribution in [0.5, 0.6) is 0 Å². The molecule has 24 heavy (non-hydrogen) atoms. The number of aliphatic carboxylic acids is 1. The number of rotatable bonds is 5. The maximum absolute atomic E-state index is 12.4. The molecule has 0 radical (unpaired) electrons. The van der Waals surface area contributed by atoms with E-state index in [1.54, 1.807) is 0 Å². The van der Waals surface area contributed by atoms with Gasteiger partial charge in [0.05, 0.1) is 5.92 Å².